The number of nitrogens with zero attached hydrogens (tertiary/aromatic N) is 3. The van der Waals surface area contributed by atoms with Gasteiger partial charge in [-0.2, -0.15) is 18.3 Å². The molecule has 2 amide bonds. The van der Waals surface area contributed by atoms with Gasteiger partial charge >= 0.3 is 6.18 Å². The summed E-state index contributed by atoms with van der Waals surface area (Å²) in [5, 5.41) is 10.6. The molecule has 2 N–H and O–H groups in total. The molecule has 2 aromatic rings. The van der Waals surface area contributed by atoms with Crippen molar-refractivity contribution in [3.63, 3.8) is 0 Å². The molecule has 0 bridgehead atoms. The van der Waals surface area contributed by atoms with Crippen LogP contribution in [0.15, 0.2) is 30.3 Å². The normalized spacial score (nSPS) is 19.8. The standard InChI is InChI=1S/C30H40F3N5O2/c31-30(32,33)25-14-5-4-13-24(25)27-20-26(36-38(27)23-11-2-3-12-23)29(40)35-22(15-18-37-16-6-1-7-17-37)19-28(39)34-21-9-8-10-21/h4-5,13-14,20-23H,1-3,6-12,15-19H2,(H,34,39)(H,35,40). The average Bonchev–Trinajstić information content (AvgIpc) is 3.60. The number of aromatic nitrogens is 2. The predicted molar refractivity (Wildman–Crippen MR) is 147 cm³/mol. The lowest BCUT2D eigenvalue weighted by atomic mass is 9.93. The van der Waals surface area contributed by atoms with E-state index in [1.807, 2.05) is 0 Å². The van der Waals surface area contributed by atoms with Gasteiger partial charge in [-0.15, -0.1) is 0 Å². The lowest BCUT2D eigenvalue weighted by Crippen LogP contribution is -2.45. The van der Waals surface area contributed by atoms with Gasteiger partial charge in [0.05, 0.1) is 17.3 Å². The lowest BCUT2D eigenvalue weighted by Gasteiger charge is -2.29. The maximum atomic E-state index is 13.9. The molecular formula is C30H40F3N5O2. The molecule has 1 saturated heterocycles. The first-order valence-electron chi connectivity index (χ1n) is 14.9. The highest BCUT2D eigenvalue weighted by atomic mass is 19.4. The second-order valence-corrected chi connectivity index (χ2v) is 11.6. The van der Waals surface area contributed by atoms with Gasteiger partial charge in [-0.05, 0) is 76.6 Å². The van der Waals surface area contributed by atoms with Crippen LogP contribution in [0.1, 0.15) is 99.1 Å². The van der Waals surface area contributed by atoms with Crippen molar-refractivity contribution < 1.29 is 22.8 Å². The third kappa shape index (κ3) is 7.06. The zero-order chi connectivity index (χ0) is 28.1. The third-order valence-corrected chi connectivity index (χ3v) is 8.63. The number of hydrogen-bond donors (Lipinski definition) is 2. The first kappa shape index (κ1) is 28.6. The molecule has 2 heterocycles. The minimum absolute atomic E-state index is 0.0231. The maximum absolute atomic E-state index is 13.9. The Bertz CT molecular complexity index is 1160. The van der Waals surface area contributed by atoms with Crippen LogP contribution >= 0.6 is 0 Å². The van der Waals surface area contributed by atoms with Gasteiger partial charge in [0, 0.05) is 30.6 Å². The molecule has 2 saturated carbocycles. The number of halogens is 3. The molecule has 10 heteroatoms. The number of likely N-dealkylation sites (tertiary alicyclic amines) is 1. The molecule has 40 heavy (non-hydrogen) atoms. The number of carbonyl (C=O) groups is 2. The summed E-state index contributed by atoms with van der Waals surface area (Å²) in [4.78, 5) is 28.7. The van der Waals surface area contributed by atoms with Crippen molar-refractivity contribution in [1.82, 2.24) is 25.3 Å². The lowest BCUT2D eigenvalue weighted by molar-refractivity contribution is -0.137. The quantitative estimate of drug-likeness (QED) is 0.391. The first-order valence-corrected chi connectivity index (χ1v) is 14.9. The molecule has 1 aromatic carbocycles. The Morgan fingerprint density at radius 3 is 2.38 bits per heavy atom. The molecule has 5 rings (SSSR count). The van der Waals surface area contributed by atoms with Crippen molar-refractivity contribution in [2.75, 3.05) is 19.6 Å². The first-order chi connectivity index (χ1) is 19.3. The summed E-state index contributed by atoms with van der Waals surface area (Å²) in [6.07, 6.45) is 6.44. The largest absolute Gasteiger partial charge is 0.417 e. The summed E-state index contributed by atoms with van der Waals surface area (Å²) in [5.41, 5.74) is -0.332. The molecule has 0 spiro atoms. The van der Waals surface area contributed by atoms with E-state index in [1.54, 1.807) is 10.7 Å². The molecule has 2 aliphatic carbocycles. The van der Waals surface area contributed by atoms with Gasteiger partial charge in [-0.1, -0.05) is 37.5 Å². The molecule has 1 atom stereocenters. The van der Waals surface area contributed by atoms with Gasteiger partial charge in [-0.3, -0.25) is 14.3 Å². The highest BCUT2D eigenvalue weighted by Crippen LogP contribution is 2.40. The Kier molecular flexibility index (Phi) is 9.13. The highest BCUT2D eigenvalue weighted by molar-refractivity contribution is 5.94. The molecule has 3 fully saturated rings. The van der Waals surface area contributed by atoms with E-state index in [1.165, 1.54) is 24.6 Å². The van der Waals surface area contributed by atoms with Gasteiger partial charge in [0.25, 0.3) is 5.91 Å². The second kappa shape index (κ2) is 12.7. The van der Waals surface area contributed by atoms with Crippen molar-refractivity contribution in [2.24, 2.45) is 0 Å². The molecule has 0 radical (unpaired) electrons. The fourth-order valence-electron chi connectivity index (χ4n) is 6.16. The minimum Gasteiger partial charge on any atom is -0.353 e. The fraction of sp³-hybridized carbons (Fsp3) is 0.633. The number of piperidine rings is 1. The monoisotopic (exact) mass is 559 g/mol. The fourth-order valence-corrected chi connectivity index (χ4v) is 6.16. The molecule has 1 aromatic heterocycles. The number of amides is 2. The molecule has 1 aliphatic heterocycles. The van der Waals surface area contributed by atoms with E-state index >= 15 is 0 Å². The molecule has 1 unspecified atom stereocenters. The summed E-state index contributed by atoms with van der Waals surface area (Å²) in [5.74, 6) is -0.535. The van der Waals surface area contributed by atoms with Gasteiger partial charge in [0.1, 0.15) is 0 Å². The smallest absolute Gasteiger partial charge is 0.353 e. The second-order valence-electron chi connectivity index (χ2n) is 11.6. The van der Waals surface area contributed by atoms with E-state index in [9.17, 15) is 22.8 Å². The Morgan fingerprint density at radius 1 is 0.975 bits per heavy atom. The van der Waals surface area contributed by atoms with Crippen LogP contribution in [0.2, 0.25) is 0 Å². The van der Waals surface area contributed by atoms with Crippen LogP contribution in [0.25, 0.3) is 11.3 Å². The van der Waals surface area contributed by atoms with Gasteiger partial charge in [0.2, 0.25) is 5.91 Å². The van der Waals surface area contributed by atoms with Crippen molar-refractivity contribution >= 4 is 11.8 Å². The van der Waals surface area contributed by atoms with E-state index in [0.717, 1.165) is 83.5 Å². The number of benzene rings is 1. The highest BCUT2D eigenvalue weighted by Gasteiger charge is 2.35. The average molecular weight is 560 g/mol. The summed E-state index contributed by atoms with van der Waals surface area (Å²) >= 11 is 0. The van der Waals surface area contributed by atoms with Crippen molar-refractivity contribution in [1.29, 1.82) is 0 Å². The van der Waals surface area contributed by atoms with Crippen LogP contribution < -0.4 is 10.6 Å². The number of carbonyl (C=O) groups excluding carboxylic acids is 2. The van der Waals surface area contributed by atoms with Crippen molar-refractivity contribution in [3.05, 3.63) is 41.6 Å². The number of hydrogen-bond acceptors (Lipinski definition) is 4. The Balaban J connectivity index is 1.37. The van der Waals surface area contributed by atoms with E-state index < -0.39 is 23.7 Å². The van der Waals surface area contributed by atoms with Gasteiger partial charge < -0.3 is 15.5 Å². The summed E-state index contributed by atoms with van der Waals surface area (Å²) in [6.45, 7) is 2.81. The number of nitrogens with one attached hydrogen (secondary N) is 2. The number of alkyl halides is 3. The van der Waals surface area contributed by atoms with Crippen LogP contribution in [0.5, 0.6) is 0 Å². The Hall–Kier alpha value is -2.88. The van der Waals surface area contributed by atoms with Crippen LogP contribution in [0.4, 0.5) is 13.2 Å². The van der Waals surface area contributed by atoms with Gasteiger partial charge in [0.15, 0.2) is 5.69 Å². The Labute approximate surface area is 233 Å². The van der Waals surface area contributed by atoms with Crippen LogP contribution in [0.3, 0.4) is 0 Å². The summed E-state index contributed by atoms with van der Waals surface area (Å²) in [7, 11) is 0. The topological polar surface area (TPSA) is 79.3 Å². The van der Waals surface area contributed by atoms with E-state index in [4.69, 9.17) is 0 Å². The van der Waals surface area contributed by atoms with Crippen molar-refractivity contribution in [3.8, 4) is 11.3 Å². The van der Waals surface area contributed by atoms with Crippen molar-refractivity contribution in [2.45, 2.75) is 101 Å². The van der Waals surface area contributed by atoms with Gasteiger partial charge in [-0.25, -0.2) is 0 Å². The van der Waals surface area contributed by atoms with E-state index in [-0.39, 0.29) is 35.7 Å². The zero-order valence-electron chi connectivity index (χ0n) is 23.0. The SMILES string of the molecule is O=C(CC(CCN1CCCCC1)NC(=O)c1cc(-c2ccccc2C(F)(F)F)n(C2CCCC2)n1)NC1CCC1. The molecule has 218 valence electrons. The maximum Gasteiger partial charge on any atom is 0.417 e. The van der Waals surface area contributed by atoms with Crippen LogP contribution in [-0.2, 0) is 11.0 Å². The van der Waals surface area contributed by atoms with E-state index in [2.05, 4.69) is 20.6 Å². The van der Waals surface area contributed by atoms with Crippen LogP contribution in [0, 0.1) is 0 Å². The number of rotatable bonds is 10. The third-order valence-electron chi connectivity index (χ3n) is 8.63. The zero-order valence-corrected chi connectivity index (χ0v) is 23.0. The molecule has 3 aliphatic rings. The summed E-state index contributed by atoms with van der Waals surface area (Å²) < 4.78 is 43.4. The Morgan fingerprint density at radius 2 is 1.70 bits per heavy atom. The summed E-state index contributed by atoms with van der Waals surface area (Å²) in [6, 6.07) is 6.71. The predicted octanol–water partition coefficient (Wildman–Crippen LogP) is 5.72. The minimum atomic E-state index is -4.53. The molecule has 7 nitrogen and oxygen atoms in total. The molecular weight excluding hydrogens is 519 g/mol. The van der Waals surface area contributed by atoms with Crippen LogP contribution in [-0.4, -0.2) is 58.2 Å². The van der Waals surface area contributed by atoms with E-state index in [0.29, 0.717) is 12.1 Å².